The molecule has 19 heavy (non-hydrogen) atoms. The number of aromatic nitrogens is 4. The Balaban J connectivity index is 1.83. The number of esters is 1. The highest BCUT2D eigenvalue weighted by atomic mass is 32.2. The first kappa shape index (κ1) is 14.0. The molecular weight excluding hydrogens is 264 g/mol. The van der Waals surface area contributed by atoms with Crippen LogP contribution in [0.3, 0.4) is 0 Å². The van der Waals surface area contributed by atoms with Gasteiger partial charge in [0, 0.05) is 11.8 Å². The quantitative estimate of drug-likeness (QED) is 0.451. The SMILES string of the molecule is CCOC(=O)/C=C/CSc1nnnn1C1CCCC1. The van der Waals surface area contributed by atoms with Crippen molar-refractivity contribution < 1.29 is 9.53 Å². The standard InChI is InChI=1S/C12H18N4O2S/c1-2-18-11(17)8-5-9-19-12-13-14-15-16(12)10-6-3-4-7-10/h5,8,10H,2-4,6-7,9H2,1H3/b8-5+. The maximum atomic E-state index is 11.1. The largest absolute Gasteiger partial charge is 0.463 e. The number of nitrogens with zero attached hydrogens (tertiary/aromatic N) is 4. The van der Waals surface area contributed by atoms with Crippen molar-refractivity contribution in [3.63, 3.8) is 0 Å². The van der Waals surface area contributed by atoms with Crippen molar-refractivity contribution in [2.45, 2.75) is 43.8 Å². The van der Waals surface area contributed by atoms with E-state index < -0.39 is 0 Å². The molecule has 0 unspecified atom stereocenters. The summed E-state index contributed by atoms with van der Waals surface area (Å²) in [4.78, 5) is 11.1. The zero-order chi connectivity index (χ0) is 13.5. The maximum absolute atomic E-state index is 11.1. The Hall–Kier alpha value is -1.37. The molecule has 1 heterocycles. The van der Waals surface area contributed by atoms with Crippen LogP contribution in [0.25, 0.3) is 0 Å². The molecule has 0 atom stereocenters. The Morgan fingerprint density at radius 3 is 3.05 bits per heavy atom. The van der Waals surface area contributed by atoms with E-state index in [1.165, 1.54) is 30.7 Å². The Labute approximate surface area is 116 Å². The molecule has 1 saturated carbocycles. The van der Waals surface area contributed by atoms with Crippen molar-refractivity contribution in [1.82, 2.24) is 20.2 Å². The molecule has 2 rings (SSSR count). The number of carbonyl (C=O) groups is 1. The summed E-state index contributed by atoms with van der Waals surface area (Å²) in [6.07, 6.45) is 8.01. The normalized spacial score (nSPS) is 16.3. The lowest BCUT2D eigenvalue weighted by Gasteiger charge is -2.09. The fraction of sp³-hybridized carbons (Fsp3) is 0.667. The van der Waals surface area contributed by atoms with Crippen molar-refractivity contribution >= 4 is 17.7 Å². The first-order valence-electron chi connectivity index (χ1n) is 6.55. The zero-order valence-corrected chi connectivity index (χ0v) is 11.8. The fourth-order valence-corrected chi connectivity index (χ4v) is 2.87. The van der Waals surface area contributed by atoms with E-state index in [9.17, 15) is 4.79 Å². The van der Waals surface area contributed by atoms with Gasteiger partial charge >= 0.3 is 5.97 Å². The monoisotopic (exact) mass is 282 g/mol. The average Bonchev–Trinajstić information content (AvgIpc) is 3.05. The topological polar surface area (TPSA) is 69.9 Å². The molecule has 0 bridgehead atoms. The van der Waals surface area contributed by atoms with Gasteiger partial charge in [0.05, 0.1) is 12.6 Å². The predicted molar refractivity (Wildman–Crippen MR) is 71.8 cm³/mol. The first-order valence-corrected chi connectivity index (χ1v) is 7.53. The van der Waals surface area contributed by atoms with Gasteiger partial charge in [0.1, 0.15) is 0 Å². The Bertz CT molecular complexity index is 441. The zero-order valence-electron chi connectivity index (χ0n) is 11.0. The van der Waals surface area contributed by atoms with Gasteiger partial charge in [-0.2, -0.15) is 0 Å². The molecule has 1 aliphatic carbocycles. The van der Waals surface area contributed by atoms with Gasteiger partial charge < -0.3 is 4.74 Å². The van der Waals surface area contributed by atoms with Crippen LogP contribution < -0.4 is 0 Å². The summed E-state index contributed by atoms with van der Waals surface area (Å²) in [6.45, 7) is 2.19. The van der Waals surface area contributed by atoms with E-state index in [4.69, 9.17) is 4.74 Å². The number of hydrogen-bond acceptors (Lipinski definition) is 6. The van der Waals surface area contributed by atoms with Crippen molar-refractivity contribution in [2.24, 2.45) is 0 Å². The van der Waals surface area contributed by atoms with Crippen LogP contribution in [0.5, 0.6) is 0 Å². The second-order valence-electron chi connectivity index (χ2n) is 4.31. The summed E-state index contributed by atoms with van der Waals surface area (Å²) >= 11 is 1.53. The average molecular weight is 282 g/mol. The molecule has 0 radical (unpaired) electrons. The molecule has 0 aromatic carbocycles. The summed E-state index contributed by atoms with van der Waals surface area (Å²) < 4.78 is 6.72. The molecule has 1 aromatic heterocycles. The van der Waals surface area contributed by atoms with E-state index in [0.29, 0.717) is 18.4 Å². The van der Waals surface area contributed by atoms with E-state index >= 15 is 0 Å². The van der Waals surface area contributed by atoms with Gasteiger partial charge in [0.25, 0.3) is 0 Å². The minimum absolute atomic E-state index is 0.307. The van der Waals surface area contributed by atoms with E-state index in [1.54, 1.807) is 13.0 Å². The van der Waals surface area contributed by atoms with Gasteiger partial charge in [-0.1, -0.05) is 30.7 Å². The Morgan fingerprint density at radius 2 is 2.32 bits per heavy atom. The van der Waals surface area contributed by atoms with Crippen LogP contribution in [0.1, 0.15) is 38.6 Å². The van der Waals surface area contributed by atoms with E-state index in [0.717, 1.165) is 18.0 Å². The summed E-state index contributed by atoms with van der Waals surface area (Å²) in [5, 5.41) is 12.6. The molecule has 1 aromatic rings. The van der Waals surface area contributed by atoms with Gasteiger partial charge in [-0.05, 0) is 30.2 Å². The lowest BCUT2D eigenvalue weighted by molar-refractivity contribution is -0.137. The van der Waals surface area contributed by atoms with Crippen LogP contribution in [0, 0.1) is 0 Å². The molecule has 0 spiro atoms. The lowest BCUT2D eigenvalue weighted by Crippen LogP contribution is -2.08. The molecule has 0 N–H and O–H groups in total. The molecule has 1 fully saturated rings. The van der Waals surface area contributed by atoms with Crippen LogP contribution in [-0.2, 0) is 9.53 Å². The van der Waals surface area contributed by atoms with E-state index in [-0.39, 0.29) is 5.97 Å². The minimum Gasteiger partial charge on any atom is -0.463 e. The van der Waals surface area contributed by atoms with Crippen molar-refractivity contribution in [1.29, 1.82) is 0 Å². The molecule has 7 heteroatoms. The second-order valence-corrected chi connectivity index (χ2v) is 5.30. The number of carbonyl (C=O) groups excluding carboxylic acids is 1. The molecule has 0 aliphatic heterocycles. The number of hydrogen-bond donors (Lipinski definition) is 0. The molecule has 1 aliphatic rings. The number of thioether (sulfide) groups is 1. The van der Waals surface area contributed by atoms with Crippen LogP contribution in [-0.4, -0.2) is 38.5 Å². The van der Waals surface area contributed by atoms with Crippen LogP contribution in [0.2, 0.25) is 0 Å². The smallest absolute Gasteiger partial charge is 0.330 e. The van der Waals surface area contributed by atoms with Crippen LogP contribution in [0.4, 0.5) is 0 Å². The van der Waals surface area contributed by atoms with Crippen molar-refractivity contribution in [3.05, 3.63) is 12.2 Å². The third kappa shape index (κ3) is 4.05. The molecule has 104 valence electrons. The number of ether oxygens (including phenoxy) is 1. The fourth-order valence-electron chi connectivity index (χ4n) is 2.12. The first-order chi connectivity index (χ1) is 9.31. The van der Waals surface area contributed by atoms with Gasteiger partial charge in [-0.15, -0.1) is 5.10 Å². The summed E-state index contributed by atoms with van der Waals surface area (Å²) in [6, 6.07) is 0.437. The maximum Gasteiger partial charge on any atom is 0.330 e. The summed E-state index contributed by atoms with van der Waals surface area (Å²) in [5.74, 6) is 0.352. The Morgan fingerprint density at radius 1 is 1.53 bits per heavy atom. The highest BCUT2D eigenvalue weighted by Crippen LogP contribution is 2.31. The van der Waals surface area contributed by atoms with Crippen molar-refractivity contribution in [3.8, 4) is 0 Å². The molecular formula is C12H18N4O2S. The van der Waals surface area contributed by atoms with Crippen LogP contribution >= 0.6 is 11.8 Å². The molecule has 0 amide bonds. The summed E-state index contributed by atoms with van der Waals surface area (Å²) in [7, 11) is 0. The van der Waals surface area contributed by atoms with Gasteiger partial charge in [0.2, 0.25) is 5.16 Å². The number of rotatable bonds is 6. The predicted octanol–water partition coefficient (Wildman–Crippen LogP) is 2.00. The third-order valence-corrected chi connectivity index (χ3v) is 3.87. The minimum atomic E-state index is -0.307. The Kier molecular flexibility index (Phi) is 5.38. The highest BCUT2D eigenvalue weighted by Gasteiger charge is 2.21. The third-order valence-electron chi connectivity index (χ3n) is 2.98. The van der Waals surface area contributed by atoms with Gasteiger partial charge in [-0.3, -0.25) is 0 Å². The van der Waals surface area contributed by atoms with Crippen LogP contribution in [0.15, 0.2) is 17.3 Å². The van der Waals surface area contributed by atoms with Crippen molar-refractivity contribution in [2.75, 3.05) is 12.4 Å². The van der Waals surface area contributed by atoms with Gasteiger partial charge in [0.15, 0.2) is 0 Å². The lowest BCUT2D eigenvalue weighted by atomic mass is 10.3. The van der Waals surface area contributed by atoms with Gasteiger partial charge in [-0.25, -0.2) is 9.48 Å². The van der Waals surface area contributed by atoms with E-state index in [2.05, 4.69) is 15.5 Å². The highest BCUT2D eigenvalue weighted by molar-refractivity contribution is 7.99. The molecule has 6 nitrogen and oxygen atoms in total. The molecule has 0 saturated heterocycles. The second kappa shape index (κ2) is 7.28. The summed E-state index contributed by atoms with van der Waals surface area (Å²) in [5.41, 5.74) is 0. The number of tetrazole rings is 1. The van der Waals surface area contributed by atoms with E-state index in [1.807, 2.05) is 4.68 Å².